The summed E-state index contributed by atoms with van der Waals surface area (Å²) in [6.45, 7) is 5.51. The molecule has 6 rings (SSSR count). The Bertz CT molecular complexity index is 1180. The lowest BCUT2D eigenvalue weighted by atomic mass is 10.0. The average molecular weight is 414 g/mol. The van der Waals surface area contributed by atoms with Crippen molar-refractivity contribution in [2.45, 2.75) is 25.6 Å². The molecule has 2 atom stereocenters. The number of aliphatic imine (C=N–C) groups is 1. The van der Waals surface area contributed by atoms with Crippen LogP contribution in [0, 0.1) is 0 Å². The topological polar surface area (TPSA) is 55.9 Å². The van der Waals surface area contributed by atoms with E-state index in [0.717, 1.165) is 49.8 Å². The van der Waals surface area contributed by atoms with Crippen molar-refractivity contribution in [3.8, 4) is 0 Å². The molecule has 0 saturated carbocycles. The van der Waals surface area contributed by atoms with Gasteiger partial charge >= 0.3 is 0 Å². The summed E-state index contributed by atoms with van der Waals surface area (Å²) in [6, 6.07) is 17.7. The molecule has 158 valence electrons. The highest BCUT2D eigenvalue weighted by Crippen LogP contribution is 2.35. The van der Waals surface area contributed by atoms with Gasteiger partial charge in [-0.2, -0.15) is 0 Å². The highest BCUT2D eigenvalue weighted by atomic mass is 16.5. The molecule has 0 bridgehead atoms. The lowest BCUT2D eigenvalue weighted by Crippen LogP contribution is -2.58. The van der Waals surface area contributed by atoms with Crippen LogP contribution >= 0.6 is 0 Å². The highest BCUT2D eigenvalue weighted by molar-refractivity contribution is 5.88. The van der Waals surface area contributed by atoms with Crippen molar-refractivity contribution in [3.63, 3.8) is 0 Å². The lowest BCUT2D eigenvalue weighted by Gasteiger charge is -2.48. The van der Waals surface area contributed by atoms with Gasteiger partial charge in [0.25, 0.3) is 0 Å². The largest absolute Gasteiger partial charge is 0.377 e. The Morgan fingerprint density at radius 2 is 2.10 bits per heavy atom. The molecular formula is C25H27N5O. The summed E-state index contributed by atoms with van der Waals surface area (Å²) >= 11 is 0. The van der Waals surface area contributed by atoms with Gasteiger partial charge in [-0.05, 0) is 36.2 Å². The Morgan fingerprint density at radius 3 is 3.03 bits per heavy atom. The number of nitrogens with one attached hydrogen (secondary N) is 2. The summed E-state index contributed by atoms with van der Waals surface area (Å²) in [4.78, 5) is 13.2. The molecule has 0 aliphatic carbocycles. The smallest absolute Gasteiger partial charge is 0.146 e. The fourth-order valence-corrected chi connectivity index (χ4v) is 4.98. The van der Waals surface area contributed by atoms with E-state index in [1.54, 1.807) is 0 Å². The molecule has 0 spiro atoms. The van der Waals surface area contributed by atoms with Gasteiger partial charge in [-0.15, -0.1) is 0 Å². The summed E-state index contributed by atoms with van der Waals surface area (Å²) in [5.41, 5.74) is 6.04. The number of allylic oxidation sites excluding steroid dienone is 1. The van der Waals surface area contributed by atoms with E-state index in [1.165, 1.54) is 22.2 Å². The summed E-state index contributed by atoms with van der Waals surface area (Å²) in [7, 11) is 0. The Hall–Kier alpha value is -3.25. The molecule has 31 heavy (non-hydrogen) atoms. The van der Waals surface area contributed by atoms with Gasteiger partial charge in [0.2, 0.25) is 0 Å². The maximum absolute atomic E-state index is 5.85. The Balaban J connectivity index is 1.41. The molecule has 6 heteroatoms. The number of aryl methyl sites for hydroxylation is 1. The monoisotopic (exact) mass is 413 g/mol. The number of hydrogen-bond acceptors (Lipinski definition) is 5. The molecule has 4 heterocycles. The van der Waals surface area contributed by atoms with Gasteiger partial charge in [-0.1, -0.05) is 31.2 Å². The van der Waals surface area contributed by atoms with Crippen LogP contribution in [0.1, 0.15) is 24.2 Å². The van der Waals surface area contributed by atoms with Gasteiger partial charge in [0.15, 0.2) is 0 Å². The molecule has 3 aromatic rings. The number of ether oxygens (including phenoxy) is 1. The minimum absolute atomic E-state index is 0.108. The van der Waals surface area contributed by atoms with E-state index >= 15 is 0 Å². The molecule has 1 fully saturated rings. The maximum Gasteiger partial charge on any atom is 0.146 e. The third kappa shape index (κ3) is 3.10. The number of anilines is 1. The number of benzene rings is 2. The van der Waals surface area contributed by atoms with E-state index in [1.807, 2.05) is 6.20 Å². The minimum Gasteiger partial charge on any atom is -0.377 e. The van der Waals surface area contributed by atoms with Crippen molar-refractivity contribution in [1.29, 1.82) is 0 Å². The van der Waals surface area contributed by atoms with Crippen LogP contribution in [0.25, 0.3) is 10.9 Å². The Morgan fingerprint density at radius 1 is 1.16 bits per heavy atom. The van der Waals surface area contributed by atoms with Crippen molar-refractivity contribution >= 4 is 22.8 Å². The standard InChI is InChI=1S/C25H27N5O/c1-2-17-5-3-6-18(13-17)30-15-19-16-31-12-11-29(19)25-23(30)14-27-24(28-25)21-7-4-8-22-20(21)9-10-26-22/h3-10,13-14,19,24,26,28H,2,11-12,15-16H2,1H3. The third-order valence-electron chi connectivity index (χ3n) is 6.61. The van der Waals surface area contributed by atoms with E-state index in [0.29, 0.717) is 6.04 Å². The first kappa shape index (κ1) is 18.5. The lowest BCUT2D eigenvalue weighted by molar-refractivity contribution is 0.00411. The van der Waals surface area contributed by atoms with Crippen LogP contribution < -0.4 is 10.2 Å². The van der Waals surface area contributed by atoms with Crippen LogP contribution in [0.2, 0.25) is 0 Å². The molecule has 0 amide bonds. The van der Waals surface area contributed by atoms with Crippen molar-refractivity contribution in [2.75, 3.05) is 31.2 Å². The normalized spacial score (nSPS) is 23.0. The second-order valence-electron chi connectivity index (χ2n) is 8.40. The van der Waals surface area contributed by atoms with Crippen molar-refractivity contribution < 1.29 is 4.74 Å². The number of aromatic amines is 1. The SMILES string of the molecule is CCc1cccc(N2CC3COCCN3C3=C2C=NC(c2cccc4[nH]ccc24)N3)c1. The summed E-state index contributed by atoms with van der Waals surface area (Å²) in [5.74, 6) is 1.16. The fourth-order valence-electron chi connectivity index (χ4n) is 4.98. The predicted molar refractivity (Wildman–Crippen MR) is 124 cm³/mol. The first-order chi connectivity index (χ1) is 15.3. The average Bonchev–Trinajstić information content (AvgIpc) is 3.32. The number of fused-ring (bicyclic) bond motifs is 3. The number of nitrogens with zero attached hydrogens (tertiary/aromatic N) is 3. The van der Waals surface area contributed by atoms with E-state index in [2.05, 4.69) is 81.8 Å². The van der Waals surface area contributed by atoms with Gasteiger partial charge in [0.05, 0.1) is 25.5 Å². The molecule has 1 saturated heterocycles. The van der Waals surface area contributed by atoms with Crippen LogP contribution in [0.15, 0.2) is 71.2 Å². The van der Waals surface area contributed by atoms with Crippen molar-refractivity contribution in [2.24, 2.45) is 4.99 Å². The number of morpholine rings is 1. The molecular weight excluding hydrogens is 386 g/mol. The number of hydrogen-bond donors (Lipinski definition) is 2. The summed E-state index contributed by atoms with van der Waals surface area (Å²) in [5, 5.41) is 4.99. The molecule has 6 nitrogen and oxygen atoms in total. The quantitative estimate of drug-likeness (QED) is 0.686. The van der Waals surface area contributed by atoms with Crippen LogP contribution in [-0.2, 0) is 11.2 Å². The van der Waals surface area contributed by atoms with Crippen LogP contribution in [0.5, 0.6) is 0 Å². The van der Waals surface area contributed by atoms with Gasteiger partial charge in [-0.3, -0.25) is 4.99 Å². The predicted octanol–water partition coefficient (Wildman–Crippen LogP) is 3.79. The maximum atomic E-state index is 5.85. The van der Waals surface area contributed by atoms with E-state index in [4.69, 9.17) is 9.73 Å². The van der Waals surface area contributed by atoms with E-state index in [9.17, 15) is 0 Å². The molecule has 3 aliphatic heterocycles. The number of rotatable bonds is 3. The molecule has 0 radical (unpaired) electrons. The van der Waals surface area contributed by atoms with Gasteiger partial charge in [-0.25, -0.2) is 0 Å². The fraction of sp³-hybridized carbons (Fsp3) is 0.320. The molecule has 2 N–H and O–H groups in total. The van der Waals surface area contributed by atoms with E-state index < -0.39 is 0 Å². The summed E-state index contributed by atoms with van der Waals surface area (Å²) in [6.07, 6.45) is 4.98. The van der Waals surface area contributed by atoms with Crippen LogP contribution in [0.4, 0.5) is 5.69 Å². The summed E-state index contributed by atoms with van der Waals surface area (Å²) < 4.78 is 5.85. The first-order valence-corrected chi connectivity index (χ1v) is 11.1. The zero-order valence-electron chi connectivity index (χ0n) is 17.7. The van der Waals surface area contributed by atoms with Gasteiger partial charge < -0.3 is 24.8 Å². The second-order valence-corrected chi connectivity index (χ2v) is 8.40. The van der Waals surface area contributed by atoms with Crippen molar-refractivity contribution in [3.05, 3.63) is 77.4 Å². The third-order valence-corrected chi connectivity index (χ3v) is 6.61. The van der Waals surface area contributed by atoms with Crippen LogP contribution in [-0.4, -0.2) is 48.4 Å². The molecule has 1 aromatic heterocycles. The van der Waals surface area contributed by atoms with Crippen molar-refractivity contribution in [1.82, 2.24) is 15.2 Å². The minimum atomic E-state index is -0.108. The van der Waals surface area contributed by atoms with Gasteiger partial charge in [0.1, 0.15) is 17.7 Å². The second kappa shape index (κ2) is 7.46. The zero-order valence-corrected chi connectivity index (χ0v) is 17.7. The molecule has 3 aliphatic rings. The number of aromatic nitrogens is 1. The Labute approximate surface area is 182 Å². The molecule has 2 unspecified atom stereocenters. The van der Waals surface area contributed by atoms with E-state index in [-0.39, 0.29) is 6.17 Å². The van der Waals surface area contributed by atoms with Crippen LogP contribution in [0.3, 0.4) is 0 Å². The first-order valence-electron chi connectivity index (χ1n) is 11.1. The Kier molecular flexibility index (Phi) is 4.46. The highest BCUT2D eigenvalue weighted by Gasteiger charge is 2.37. The molecule has 2 aromatic carbocycles. The van der Waals surface area contributed by atoms with Gasteiger partial charge in [0, 0.05) is 41.4 Å². The zero-order chi connectivity index (χ0) is 20.8. The number of H-pyrrole nitrogens is 1.